The highest BCUT2D eigenvalue weighted by Crippen LogP contribution is 2.51. The van der Waals surface area contributed by atoms with Gasteiger partial charge in [0, 0.05) is 34.3 Å². The van der Waals surface area contributed by atoms with Crippen molar-refractivity contribution < 1.29 is 13.9 Å². The number of thiophene rings is 1. The Morgan fingerprint density at radius 2 is 2.07 bits per heavy atom. The minimum atomic E-state index is -0.593. The minimum Gasteiger partial charge on any atom is -0.489 e. The zero-order valence-electron chi connectivity index (χ0n) is 24.0. The summed E-state index contributed by atoms with van der Waals surface area (Å²) in [7, 11) is 0. The predicted octanol–water partition coefficient (Wildman–Crippen LogP) is 5.47. The van der Waals surface area contributed by atoms with Crippen molar-refractivity contribution in [1.82, 2.24) is 20.2 Å². The summed E-state index contributed by atoms with van der Waals surface area (Å²) in [5.74, 6) is 0.376. The first-order valence-corrected chi connectivity index (χ1v) is 16.6. The maximum Gasteiger partial charge on any atom is 0.319 e. The largest absolute Gasteiger partial charge is 0.489 e. The summed E-state index contributed by atoms with van der Waals surface area (Å²) in [5.41, 5.74) is 7.24. The molecule has 0 radical (unpaired) electrons. The van der Waals surface area contributed by atoms with Crippen LogP contribution in [-0.4, -0.2) is 71.4 Å². The van der Waals surface area contributed by atoms with E-state index in [4.69, 9.17) is 36.8 Å². The van der Waals surface area contributed by atoms with Crippen molar-refractivity contribution in [2.45, 2.75) is 62.2 Å². The fourth-order valence-electron chi connectivity index (χ4n) is 8.53. The van der Waals surface area contributed by atoms with Gasteiger partial charge in [0.05, 0.1) is 27.6 Å². The van der Waals surface area contributed by atoms with E-state index >= 15 is 4.39 Å². The second-order valence-corrected chi connectivity index (χ2v) is 14.3. The lowest BCUT2D eigenvalue weighted by atomic mass is 9.95. The van der Waals surface area contributed by atoms with Crippen LogP contribution in [0, 0.1) is 17.1 Å². The van der Waals surface area contributed by atoms with E-state index in [-0.39, 0.29) is 39.7 Å². The van der Waals surface area contributed by atoms with Crippen LogP contribution >= 0.6 is 22.9 Å². The number of benzene rings is 2. The van der Waals surface area contributed by atoms with Gasteiger partial charge in [-0.25, -0.2) is 4.39 Å². The average molecular weight is 632 g/mol. The molecule has 3 unspecified atom stereocenters. The van der Waals surface area contributed by atoms with E-state index in [1.165, 1.54) is 11.3 Å². The Hall–Kier alpha value is -3.43. The molecule has 4 aromatic rings. The van der Waals surface area contributed by atoms with E-state index in [0.717, 1.165) is 62.9 Å². The summed E-state index contributed by atoms with van der Waals surface area (Å²) in [4.78, 5) is 14.5. The molecule has 44 heavy (non-hydrogen) atoms. The third-order valence-electron chi connectivity index (χ3n) is 10.6. The molecule has 2 aromatic carbocycles. The van der Waals surface area contributed by atoms with Crippen LogP contribution in [0.3, 0.4) is 0 Å². The van der Waals surface area contributed by atoms with Gasteiger partial charge < -0.3 is 25.4 Å². The van der Waals surface area contributed by atoms with Crippen molar-refractivity contribution in [1.29, 1.82) is 5.26 Å². The third kappa shape index (κ3) is 3.75. The van der Waals surface area contributed by atoms with Crippen LogP contribution in [0.1, 0.15) is 44.1 Å². The first kappa shape index (κ1) is 26.9. The Kier molecular flexibility index (Phi) is 5.99. The Balaban J connectivity index is 1.26. The van der Waals surface area contributed by atoms with Crippen molar-refractivity contribution in [3.63, 3.8) is 0 Å². The van der Waals surface area contributed by atoms with Crippen LogP contribution in [0.25, 0.3) is 32.1 Å². The number of nitrogens with one attached hydrogen (secondary N) is 1. The molecule has 4 fully saturated rings. The Morgan fingerprint density at radius 1 is 1.23 bits per heavy atom. The molecule has 9 rings (SSSR count). The first-order chi connectivity index (χ1) is 21.5. The lowest BCUT2D eigenvalue weighted by Gasteiger charge is -2.40. The van der Waals surface area contributed by atoms with Crippen molar-refractivity contribution in [2.75, 3.05) is 43.5 Å². The maximum absolute atomic E-state index is 17.1. The van der Waals surface area contributed by atoms with Gasteiger partial charge in [-0.05, 0) is 63.2 Å². The molecule has 0 amide bonds. The van der Waals surface area contributed by atoms with Crippen LogP contribution in [0.4, 0.5) is 15.2 Å². The molecule has 7 heterocycles. The summed E-state index contributed by atoms with van der Waals surface area (Å²) < 4.78 is 30.8. The number of hydrogen-bond donors (Lipinski definition) is 2. The van der Waals surface area contributed by atoms with Gasteiger partial charge in [-0.15, -0.1) is 11.3 Å². The molecule has 5 aliphatic heterocycles. The molecule has 12 heteroatoms. The molecule has 0 spiro atoms. The van der Waals surface area contributed by atoms with E-state index in [9.17, 15) is 5.26 Å². The fourth-order valence-corrected chi connectivity index (χ4v) is 9.81. The molecule has 2 aromatic heterocycles. The zero-order chi connectivity index (χ0) is 29.7. The highest BCUT2D eigenvalue weighted by atomic mass is 35.5. The number of rotatable bonds is 4. The van der Waals surface area contributed by atoms with Gasteiger partial charge in [0.2, 0.25) is 0 Å². The highest BCUT2D eigenvalue weighted by molar-refractivity contribution is 7.23. The quantitative estimate of drug-likeness (QED) is 0.303. The molecule has 3 N–H and O–H groups in total. The summed E-state index contributed by atoms with van der Waals surface area (Å²) in [6, 6.07) is 8.39. The van der Waals surface area contributed by atoms with Crippen LogP contribution in [0.2, 0.25) is 5.02 Å². The van der Waals surface area contributed by atoms with Crippen molar-refractivity contribution in [3.8, 4) is 29.0 Å². The zero-order valence-corrected chi connectivity index (χ0v) is 25.6. The normalized spacial score (nSPS) is 25.1. The number of anilines is 2. The number of piperazine rings is 1. The minimum absolute atomic E-state index is 0.00118. The van der Waals surface area contributed by atoms with E-state index in [1.54, 1.807) is 6.07 Å². The van der Waals surface area contributed by atoms with E-state index < -0.39 is 5.82 Å². The van der Waals surface area contributed by atoms with Crippen molar-refractivity contribution in [3.05, 3.63) is 34.6 Å². The highest BCUT2D eigenvalue weighted by Gasteiger charge is 2.46. The number of ether oxygens (including phenoxy) is 2. The van der Waals surface area contributed by atoms with Gasteiger partial charge in [0.25, 0.3) is 0 Å². The van der Waals surface area contributed by atoms with Crippen LogP contribution in [0.5, 0.6) is 11.8 Å². The van der Waals surface area contributed by atoms with Gasteiger partial charge >= 0.3 is 6.01 Å². The number of halogens is 2. The molecule has 5 aliphatic rings. The standard InChI is InChI=1S/C32H31ClFN7O2S/c33-25-23(17-4-1-5-21-22(17)18(12-35)29(36)44-21)26(34)27-24-28(25)42-14-20-19-7-6-16(37-19)13-41(20)30(24)39-31(38-27)43-15-32-8-2-10-40(32)11-3-9-32/h1,4-5,16,19-20,37H,2-3,6-11,13-15,36H2. The number of nitrogens with two attached hydrogens (primary N) is 1. The second kappa shape index (κ2) is 9.78. The Bertz CT molecular complexity index is 1900. The maximum atomic E-state index is 17.1. The van der Waals surface area contributed by atoms with E-state index in [2.05, 4.69) is 21.2 Å². The van der Waals surface area contributed by atoms with Crippen LogP contribution in [-0.2, 0) is 0 Å². The molecule has 4 saturated heterocycles. The molecular formula is C32H31ClFN7O2S. The van der Waals surface area contributed by atoms with Gasteiger partial charge in [-0.3, -0.25) is 4.90 Å². The van der Waals surface area contributed by atoms with E-state index in [0.29, 0.717) is 57.7 Å². The number of nitriles is 1. The number of fused-ring (bicyclic) bond motifs is 7. The number of hydrogen-bond acceptors (Lipinski definition) is 10. The summed E-state index contributed by atoms with van der Waals surface area (Å²) in [5, 5.41) is 15.2. The molecule has 2 bridgehead atoms. The number of nitrogens with zero attached hydrogens (tertiary/aromatic N) is 5. The first-order valence-electron chi connectivity index (χ1n) is 15.4. The fraction of sp³-hybridized carbons (Fsp3) is 0.469. The molecule has 0 saturated carbocycles. The third-order valence-corrected chi connectivity index (χ3v) is 11.9. The van der Waals surface area contributed by atoms with Crippen molar-refractivity contribution >= 4 is 54.7 Å². The Labute approximate surface area is 262 Å². The molecule has 9 nitrogen and oxygen atoms in total. The second-order valence-electron chi connectivity index (χ2n) is 12.8. The van der Waals surface area contributed by atoms with Gasteiger partial charge in [-0.1, -0.05) is 23.7 Å². The van der Waals surface area contributed by atoms with Gasteiger partial charge in [0.15, 0.2) is 11.6 Å². The average Bonchev–Trinajstić information content (AvgIpc) is 3.76. The smallest absolute Gasteiger partial charge is 0.319 e. The molecule has 0 aliphatic carbocycles. The van der Waals surface area contributed by atoms with E-state index in [1.807, 2.05) is 12.1 Å². The van der Waals surface area contributed by atoms with Crippen molar-refractivity contribution in [2.24, 2.45) is 0 Å². The molecular weight excluding hydrogens is 601 g/mol. The molecule has 226 valence electrons. The predicted molar refractivity (Wildman–Crippen MR) is 169 cm³/mol. The summed E-state index contributed by atoms with van der Waals surface area (Å²) in [6.07, 6.45) is 6.57. The lowest BCUT2D eigenvalue weighted by molar-refractivity contribution is 0.108. The SMILES string of the molecule is N#Cc1c(N)sc2cccc(-c3c(Cl)c4c5c(nc(OCC67CCCN6CCC7)nc5c3F)N3CC5CCC(N5)C3CO4)c12. The topological polar surface area (TPSA) is 113 Å². The van der Waals surface area contributed by atoms with Gasteiger partial charge in [0.1, 0.15) is 35.6 Å². The number of nitrogen functional groups attached to an aromatic ring is 1. The van der Waals surface area contributed by atoms with Crippen LogP contribution in [0.15, 0.2) is 18.2 Å². The molecule has 3 atom stereocenters. The van der Waals surface area contributed by atoms with Gasteiger partial charge in [-0.2, -0.15) is 15.2 Å². The monoisotopic (exact) mass is 631 g/mol. The summed E-state index contributed by atoms with van der Waals surface area (Å²) >= 11 is 8.43. The van der Waals surface area contributed by atoms with Crippen LogP contribution < -0.4 is 25.4 Å². The summed E-state index contributed by atoms with van der Waals surface area (Å²) in [6.45, 7) is 3.73. The Morgan fingerprint density at radius 3 is 2.89 bits per heavy atom. The lowest BCUT2D eigenvalue weighted by Crippen LogP contribution is -2.60. The number of aromatic nitrogens is 2.